The number of hydrogen-bond donors (Lipinski definition) is 0. The van der Waals surface area contributed by atoms with Gasteiger partial charge in [-0.15, -0.1) is 71.8 Å². The Morgan fingerprint density at radius 1 is 0.525 bits per heavy atom. The van der Waals surface area contributed by atoms with Gasteiger partial charge in [-0.05, 0) is 40.2 Å². The van der Waals surface area contributed by atoms with E-state index in [-0.39, 0.29) is 21.1 Å². The van der Waals surface area contributed by atoms with E-state index in [2.05, 4.69) is 80.8 Å². The average Bonchev–Trinajstić information content (AvgIpc) is 3.65. The van der Waals surface area contributed by atoms with Crippen LogP contribution in [0.4, 0.5) is 0 Å². The first-order valence-electron chi connectivity index (χ1n) is 19.4. The number of aromatic nitrogens is 6. The standard InChI is InChI=1S/C51H38N6O.Pt/c1-50(2)38-32-42(58-41-31-19-29-39(52-41)33-20-9-5-10-21-33)53-45(34-22-11-6-12-23-34)44(38)51(3,4)43-37-28-17-18-30-40(37)57(46(43)50)49-55-47(35-24-13-7-14-25-35)54-48(56-49)36-26-15-8-16-27-36;/h5-20,22,24-32H,1-4H3;/q-2;+2. The average molecular weight is 946 g/mol. The van der Waals surface area contributed by atoms with Crippen LogP contribution >= 0.6 is 0 Å². The summed E-state index contributed by atoms with van der Waals surface area (Å²) in [5.41, 5.74) is 9.56. The van der Waals surface area contributed by atoms with Crippen molar-refractivity contribution in [3.63, 3.8) is 0 Å². The summed E-state index contributed by atoms with van der Waals surface area (Å²) in [5.74, 6) is 2.65. The first kappa shape index (κ1) is 38.0. The topological polar surface area (TPSA) is 78.6 Å². The van der Waals surface area contributed by atoms with Crippen molar-refractivity contribution in [2.45, 2.75) is 38.5 Å². The number of nitrogens with zero attached hydrogens (tertiary/aromatic N) is 6. The molecule has 9 aromatic rings. The van der Waals surface area contributed by atoms with E-state index < -0.39 is 10.8 Å². The minimum absolute atomic E-state index is 0. The van der Waals surface area contributed by atoms with Crippen molar-refractivity contribution in [1.29, 1.82) is 0 Å². The van der Waals surface area contributed by atoms with Crippen LogP contribution in [0.5, 0.6) is 11.8 Å². The van der Waals surface area contributed by atoms with Crippen LogP contribution in [-0.4, -0.2) is 29.5 Å². The van der Waals surface area contributed by atoms with Crippen molar-refractivity contribution in [3.05, 3.63) is 192 Å². The number of hydrogen-bond acceptors (Lipinski definition) is 6. The molecule has 0 atom stereocenters. The zero-order chi connectivity index (χ0) is 39.4. The van der Waals surface area contributed by atoms with Gasteiger partial charge in [0.25, 0.3) is 0 Å². The molecule has 0 unspecified atom stereocenters. The Bertz CT molecular complexity index is 2910. The number of pyridine rings is 2. The van der Waals surface area contributed by atoms with E-state index >= 15 is 0 Å². The van der Waals surface area contributed by atoms with E-state index in [1.54, 1.807) is 0 Å². The Labute approximate surface area is 358 Å². The third-order valence-electron chi connectivity index (χ3n) is 11.2. The molecule has 59 heavy (non-hydrogen) atoms. The molecule has 4 heterocycles. The van der Waals surface area contributed by atoms with Crippen LogP contribution in [0.1, 0.15) is 50.1 Å². The Balaban J connectivity index is 0.00000449. The molecule has 7 nitrogen and oxygen atoms in total. The summed E-state index contributed by atoms with van der Waals surface area (Å²) < 4.78 is 8.89. The summed E-state index contributed by atoms with van der Waals surface area (Å²) in [6.07, 6.45) is 0. The number of rotatable bonds is 7. The van der Waals surface area contributed by atoms with Gasteiger partial charge in [-0.25, -0.2) is 4.98 Å². The van der Waals surface area contributed by atoms with Crippen LogP contribution in [0.15, 0.2) is 158 Å². The monoisotopic (exact) mass is 945 g/mol. The third-order valence-corrected chi connectivity index (χ3v) is 11.2. The third kappa shape index (κ3) is 6.56. The maximum Gasteiger partial charge on any atom is 2.00 e. The fraction of sp³-hybridized carbons (Fsp3) is 0.118. The zero-order valence-corrected chi connectivity index (χ0v) is 35.2. The van der Waals surface area contributed by atoms with Gasteiger partial charge in [-0.3, -0.25) is 14.5 Å². The Kier molecular flexibility index (Phi) is 9.65. The largest absolute Gasteiger partial charge is 2.00 e. The quantitative estimate of drug-likeness (QED) is 0.148. The molecule has 1 aliphatic rings. The summed E-state index contributed by atoms with van der Waals surface area (Å²) in [7, 11) is 0. The van der Waals surface area contributed by atoms with Gasteiger partial charge in [0.15, 0.2) is 11.6 Å². The Hall–Kier alpha value is -6.56. The van der Waals surface area contributed by atoms with Crippen molar-refractivity contribution in [2.24, 2.45) is 0 Å². The molecule has 0 spiro atoms. The molecule has 0 aliphatic heterocycles. The summed E-state index contributed by atoms with van der Waals surface area (Å²) in [4.78, 5) is 25.7. The first-order valence-corrected chi connectivity index (χ1v) is 19.4. The van der Waals surface area contributed by atoms with Crippen LogP contribution in [0.3, 0.4) is 0 Å². The van der Waals surface area contributed by atoms with Gasteiger partial charge in [0.2, 0.25) is 17.7 Å². The van der Waals surface area contributed by atoms with Gasteiger partial charge in [-0.2, -0.15) is 9.97 Å². The maximum atomic E-state index is 6.63. The molecule has 288 valence electrons. The number of fused-ring (bicyclic) bond motifs is 4. The number of benzene rings is 5. The second-order valence-corrected chi connectivity index (χ2v) is 15.6. The minimum Gasteiger partial charge on any atom is -0.422 e. The molecule has 0 N–H and O–H groups in total. The van der Waals surface area contributed by atoms with Crippen molar-refractivity contribution < 1.29 is 25.8 Å². The molecule has 8 heteroatoms. The molecule has 1 aliphatic carbocycles. The van der Waals surface area contributed by atoms with Crippen molar-refractivity contribution >= 4 is 10.9 Å². The van der Waals surface area contributed by atoms with Crippen LogP contribution in [0.2, 0.25) is 0 Å². The molecule has 4 aromatic heterocycles. The Morgan fingerprint density at radius 2 is 1.14 bits per heavy atom. The van der Waals surface area contributed by atoms with Crippen molar-refractivity contribution in [1.82, 2.24) is 29.5 Å². The predicted molar refractivity (Wildman–Crippen MR) is 229 cm³/mol. The number of ether oxygens (including phenoxy) is 1. The molecule has 0 bridgehead atoms. The predicted octanol–water partition coefficient (Wildman–Crippen LogP) is 11.6. The summed E-state index contributed by atoms with van der Waals surface area (Å²) in [6.45, 7) is 9.15. The van der Waals surface area contributed by atoms with E-state index in [0.717, 1.165) is 61.4 Å². The normalized spacial score (nSPS) is 13.6. The van der Waals surface area contributed by atoms with Crippen molar-refractivity contribution in [2.75, 3.05) is 0 Å². The molecular formula is C51H38N6OPt. The summed E-state index contributed by atoms with van der Waals surface area (Å²) in [6, 6.07) is 59.2. The number of para-hydroxylation sites is 1. The fourth-order valence-electron chi connectivity index (χ4n) is 8.54. The van der Waals surface area contributed by atoms with Gasteiger partial charge in [0.1, 0.15) is 0 Å². The SMILES string of the molecule is CC1(C)c2c(cc(Oc3cccc(-c4[c-]cccc4)n3)nc2-c2[c-]cccc2)C(C)(C)c2c1c1ccccc1n2-c1nc(-c2ccccc2)nc(-c2ccccc2)n1.[Pt+2]. The van der Waals surface area contributed by atoms with Crippen LogP contribution < -0.4 is 4.74 Å². The molecule has 0 saturated carbocycles. The zero-order valence-electron chi connectivity index (χ0n) is 32.9. The van der Waals surface area contributed by atoms with E-state index in [1.807, 2.05) is 121 Å². The van der Waals surface area contributed by atoms with E-state index in [9.17, 15) is 0 Å². The molecular weight excluding hydrogens is 908 g/mol. The molecule has 0 radical (unpaired) electrons. The Morgan fingerprint density at radius 3 is 1.78 bits per heavy atom. The smallest absolute Gasteiger partial charge is 0.422 e. The minimum atomic E-state index is -0.607. The van der Waals surface area contributed by atoms with Gasteiger partial charge >= 0.3 is 21.1 Å². The van der Waals surface area contributed by atoms with Crippen LogP contribution in [0, 0.1) is 12.1 Å². The van der Waals surface area contributed by atoms with E-state index in [4.69, 9.17) is 29.7 Å². The fourth-order valence-corrected chi connectivity index (χ4v) is 8.54. The van der Waals surface area contributed by atoms with Gasteiger partial charge < -0.3 is 4.74 Å². The van der Waals surface area contributed by atoms with Crippen molar-refractivity contribution in [3.8, 4) is 63.0 Å². The second-order valence-electron chi connectivity index (χ2n) is 15.6. The summed E-state index contributed by atoms with van der Waals surface area (Å²) >= 11 is 0. The first-order chi connectivity index (χ1) is 28.3. The van der Waals surface area contributed by atoms with Gasteiger partial charge in [0, 0.05) is 39.1 Å². The van der Waals surface area contributed by atoms with Gasteiger partial charge in [0.05, 0.1) is 5.52 Å². The van der Waals surface area contributed by atoms with Crippen LogP contribution in [0.25, 0.3) is 62.1 Å². The molecule has 10 rings (SSSR count). The van der Waals surface area contributed by atoms with Gasteiger partial charge in [-0.1, -0.05) is 119 Å². The van der Waals surface area contributed by atoms with E-state index in [0.29, 0.717) is 29.4 Å². The second kappa shape index (κ2) is 15.0. The molecule has 0 saturated heterocycles. The van der Waals surface area contributed by atoms with E-state index in [1.165, 1.54) is 5.56 Å². The molecule has 0 amide bonds. The molecule has 0 fully saturated rings. The molecule has 5 aromatic carbocycles. The summed E-state index contributed by atoms with van der Waals surface area (Å²) in [5, 5.41) is 1.13. The van der Waals surface area contributed by atoms with Crippen LogP contribution in [-0.2, 0) is 31.9 Å². The maximum absolute atomic E-state index is 6.63.